The molecule has 0 aromatic heterocycles. The lowest BCUT2D eigenvalue weighted by Gasteiger charge is -2.35. The molecule has 1 aliphatic rings. The molecule has 0 bridgehead atoms. The van der Waals surface area contributed by atoms with Crippen molar-refractivity contribution in [1.29, 1.82) is 0 Å². The van der Waals surface area contributed by atoms with Crippen molar-refractivity contribution in [2.75, 3.05) is 10.8 Å². The van der Waals surface area contributed by atoms with Crippen LogP contribution in [0.1, 0.15) is 43.2 Å². The minimum atomic E-state index is -4.10. The van der Waals surface area contributed by atoms with E-state index in [0.717, 1.165) is 47.5 Å². The number of hydrogen-bond acceptors (Lipinski definition) is 4. The van der Waals surface area contributed by atoms with E-state index in [1.54, 1.807) is 53.4 Å². The predicted octanol–water partition coefficient (Wildman–Crippen LogP) is 5.97. The summed E-state index contributed by atoms with van der Waals surface area (Å²) in [6.07, 6.45) is 5.40. The zero-order valence-electron chi connectivity index (χ0n) is 24.8. The highest BCUT2D eigenvalue weighted by atomic mass is 32.2. The lowest BCUT2D eigenvalue weighted by atomic mass is 9.94. The van der Waals surface area contributed by atoms with Crippen LogP contribution in [0.2, 0.25) is 0 Å². The van der Waals surface area contributed by atoms with Crippen molar-refractivity contribution in [3.05, 3.63) is 132 Å². The summed E-state index contributed by atoms with van der Waals surface area (Å²) in [6, 6.07) is 35.1. The van der Waals surface area contributed by atoms with Crippen LogP contribution in [0, 0.1) is 0 Å². The molecule has 0 spiro atoms. The van der Waals surface area contributed by atoms with Crippen LogP contribution in [0.25, 0.3) is 0 Å². The van der Waals surface area contributed by atoms with Crippen molar-refractivity contribution in [3.63, 3.8) is 0 Å². The molecule has 228 valence electrons. The highest BCUT2D eigenvalue weighted by Crippen LogP contribution is 2.25. The molecule has 1 aliphatic carbocycles. The average molecular weight is 610 g/mol. The Labute approximate surface area is 260 Å². The topological polar surface area (TPSA) is 86.8 Å². The maximum Gasteiger partial charge on any atom is 0.264 e. The quantitative estimate of drug-likeness (QED) is 0.214. The Bertz CT molecular complexity index is 1590. The molecule has 0 heterocycles. The lowest BCUT2D eigenvalue weighted by molar-refractivity contribution is -0.140. The van der Waals surface area contributed by atoms with Crippen molar-refractivity contribution in [2.24, 2.45) is 0 Å². The summed E-state index contributed by atoms with van der Waals surface area (Å²) in [5, 5.41) is 3.24. The zero-order chi connectivity index (χ0) is 30.8. The monoisotopic (exact) mass is 609 g/mol. The number of sulfonamides is 1. The van der Waals surface area contributed by atoms with Crippen molar-refractivity contribution >= 4 is 27.5 Å². The molecule has 0 aliphatic heterocycles. The Kier molecular flexibility index (Phi) is 10.5. The van der Waals surface area contributed by atoms with Crippen molar-refractivity contribution in [3.8, 4) is 0 Å². The summed E-state index contributed by atoms with van der Waals surface area (Å²) < 4.78 is 29.1. The second-order valence-corrected chi connectivity index (χ2v) is 13.1. The van der Waals surface area contributed by atoms with Gasteiger partial charge in [0.2, 0.25) is 11.8 Å². The van der Waals surface area contributed by atoms with Gasteiger partial charge in [0.15, 0.2) is 0 Å². The van der Waals surface area contributed by atoms with Crippen LogP contribution in [0.15, 0.2) is 126 Å². The molecule has 2 amide bonds. The van der Waals surface area contributed by atoms with Gasteiger partial charge in [-0.1, -0.05) is 116 Å². The van der Waals surface area contributed by atoms with Gasteiger partial charge >= 0.3 is 0 Å². The number of nitrogens with one attached hydrogen (secondary N) is 1. The molecule has 1 saturated carbocycles. The molecule has 8 heteroatoms. The summed E-state index contributed by atoms with van der Waals surface area (Å²) in [5.41, 5.74) is 2.14. The smallest absolute Gasteiger partial charge is 0.264 e. The summed E-state index contributed by atoms with van der Waals surface area (Å²) in [5.74, 6) is -0.681. The molecule has 0 unspecified atom stereocenters. The fourth-order valence-corrected chi connectivity index (χ4v) is 7.16. The summed E-state index contributed by atoms with van der Waals surface area (Å²) in [7, 11) is -4.10. The van der Waals surface area contributed by atoms with Crippen LogP contribution < -0.4 is 9.62 Å². The first-order chi connectivity index (χ1) is 21.4. The highest BCUT2D eigenvalue weighted by Gasteiger charge is 2.35. The molecule has 44 heavy (non-hydrogen) atoms. The van der Waals surface area contributed by atoms with E-state index >= 15 is 0 Å². The number of anilines is 1. The van der Waals surface area contributed by atoms with Crippen LogP contribution in [-0.2, 0) is 32.6 Å². The largest absolute Gasteiger partial charge is 0.352 e. The number of carbonyl (C=O) groups excluding carboxylic acids is 2. The normalized spacial score (nSPS) is 14.4. The van der Waals surface area contributed by atoms with Gasteiger partial charge in [-0.05, 0) is 48.2 Å². The highest BCUT2D eigenvalue weighted by molar-refractivity contribution is 7.92. The molecule has 7 nitrogen and oxygen atoms in total. The molecule has 0 saturated heterocycles. The molecule has 1 fully saturated rings. The molecule has 0 radical (unpaired) electrons. The van der Waals surface area contributed by atoms with Crippen LogP contribution in [0.3, 0.4) is 0 Å². The van der Waals surface area contributed by atoms with Crippen LogP contribution in [0.5, 0.6) is 0 Å². The van der Waals surface area contributed by atoms with Crippen LogP contribution in [0.4, 0.5) is 5.69 Å². The van der Waals surface area contributed by atoms with E-state index in [4.69, 9.17) is 0 Å². The number of nitrogens with zero attached hydrogens (tertiary/aromatic N) is 2. The van der Waals surface area contributed by atoms with E-state index in [0.29, 0.717) is 12.1 Å². The summed E-state index contributed by atoms with van der Waals surface area (Å²) in [6.45, 7) is -0.306. The van der Waals surface area contributed by atoms with Crippen molar-refractivity contribution in [1.82, 2.24) is 10.2 Å². The number of para-hydroxylation sites is 1. The minimum Gasteiger partial charge on any atom is -0.352 e. The lowest BCUT2D eigenvalue weighted by Crippen LogP contribution is -2.55. The Balaban J connectivity index is 1.53. The van der Waals surface area contributed by atoms with Crippen LogP contribution >= 0.6 is 0 Å². The number of benzene rings is 4. The minimum absolute atomic E-state index is 0.0578. The Morgan fingerprint density at radius 1 is 0.705 bits per heavy atom. The average Bonchev–Trinajstić information content (AvgIpc) is 3.07. The number of amides is 2. The molecular formula is C36H39N3O4S. The van der Waals surface area contributed by atoms with E-state index in [1.165, 1.54) is 12.1 Å². The molecular weight excluding hydrogens is 570 g/mol. The van der Waals surface area contributed by atoms with Crippen LogP contribution in [-0.4, -0.2) is 43.8 Å². The second kappa shape index (κ2) is 14.8. The van der Waals surface area contributed by atoms with E-state index in [-0.39, 0.29) is 23.4 Å². The van der Waals surface area contributed by atoms with Gasteiger partial charge < -0.3 is 10.2 Å². The van der Waals surface area contributed by atoms with Gasteiger partial charge in [0.05, 0.1) is 10.6 Å². The zero-order valence-corrected chi connectivity index (χ0v) is 25.6. The number of rotatable bonds is 12. The van der Waals surface area contributed by atoms with E-state index in [2.05, 4.69) is 5.32 Å². The summed E-state index contributed by atoms with van der Waals surface area (Å²) in [4.78, 5) is 30.2. The number of carbonyl (C=O) groups is 2. The predicted molar refractivity (Wildman–Crippen MR) is 173 cm³/mol. The van der Waals surface area contributed by atoms with E-state index in [9.17, 15) is 18.0 Å². The molecule has 4 aromatic carbocycles. The Hall–Kier alpha value is -4.43. The van der Waals surface area contributed by atoms with Gasteiger partial charge in [0.25, 0.3) is 10.0 Å². The first-order valence-electron chi connectivity index (χ1n) is 15.2. The van der Waals surface area contributed by atoms with E-state index in [1.807, 2.05) is 60.7 Å². The maximum absolute atomic E-state index is 14.5. The summed E-state index contributed by atoms with van der Waals surface area (Å²) >= 11 is 0. The SMILES string of the molecule is O=C(NC1CCCCC1)[C@@H](Cc1ccccc1)N(Cc1ccccc1)C(=O)CN(c1ccccc1)S(=O)(=O)c1ccccc1. The van der Waals surface area contributed by atoms with Gasteiger partial charge in [-0.2, -0.15) is 0 Å². The van der Waals surface area contributed by atoms with Crippen molar-refractivity contribution < 1.29 is 18.0 Å². The third kappa shape index (κ3) is 7.94. The number of hydrogen-bond donors (Lipinski definition) is 1. The van der Waals surface area contributed by atoms with Gasteiger partial charge in [-0.15, -0.1) is 0 Å². The van der Waals surface area contributed by atoms with Crippen molar-refractivity contribution in [2.45, 2.75) is 62.0 Å². The van der Waals surface area contributed by atoms with Gasteiger partial charge in [0, 0.05) is 19.0 Å². The first kappa shape index (κ1) is 31.0. The van der Waals surface area contributed by atoms with Gasteiger partial charge in [-0.3, -0.25) is 13.9 Å². The standard InChI is InChI=1S/C36H39N3O4S/c40-35(28-39(32-22-12-4-13-23-32)44(42,43)33-24-14-5-15-25-33)38(27-30-18-8-2-9-19-30)34(26-29-16-6-1-7-17-29)36(41)37-31-20-10-3-11-21-31/h1-2,4-9,12-19,22-25,31,34H,3,10-11,20-21,26-28H2,(H,37,41)/t34-/m1/s1. The molecule has 4 aromatic rings. The third-order valence-electron chi connectivity index (χ3n) is 8.07. The molecule has 1 N–H and O–H groups in total. The van der Waals surface area contributed by atoms with Gasteiger partial charge in [0.1, 0.15) is 12.6 Å². The Morgan fingerprint density at radius 2 is 1.23 bits per heavy atom. The fourth-order valence-electron chi connectivity index (χ4n) is 5.72. The maximum atomic E-state index is 14.5. The third-order valence-corrected chi connectivity index (χ3v) is 9.86. The molecule has 1 atom stereocenters. The fraction of sp³-hybridized carbons (Fsp3) is 0.278. The second-order valence-electron chi connectivity index (χ2n) is 11.2. The molecule has 5 rings (SSSR count). The van der Waals surface area contributed by atoms with Gasteiger partial charge in [-0.25, -0.2) is 8.42 Å². The Morgan fingerprint density at radius 3 is 1.82 bits per heavy atom. The van der Waals surface area contributed by atoms with E-state index < -0.39 is 28.5 Å². The first-order valence-corrected chi connectivity index (χ1v) is 16.7.